The molecule has 6 aromatic rings. The average molecular weight is 492 g/mol. The lowest BCUT2D eigenvalue weighted by Crippen LogP contribution is -2.17. The van der Waals surface area contributed by atoms with E-state index >= 15 is 0 Å². The van der Waals surface area contributed by atoms with E-state index in [0.717, 1.165) is 33.1 Å². The van der Waals surface area contributed by atoms with E-state index in [2.05, 4.69) is 30.5 Å². The van der Waals surface area contributed by atoms with Gasteiger partial charge in [-0.2, -0.15) is 5.10 Å². The third-order valence-corrected chi connectivity index (χ3v) is 6.17. The van der Waals surface area contributed by atoms with Crippen molar-refractivity contribution in [3.63, 3.8) is 0 Å². The number of carbonyl (C=O) groups excluding carboxylic acids is 1. The molecule has 0 saturated heterocycles. The van der Waals surface area contributed by atoms with Crippen molar-refractivity contribution in [2.24, 2.45) is 5.92 Å². The van der Waals surface area contributed by atoms with Crippen LogP contribution in [0.15, 0.2) is 73.2 Å². The molecule has 9 heteroatoms. The van der Waals surface area contributed by atoms with Gasteiger partial charge in [-0.15, -0.1) is 0 Å². The number of H-pyrrole nitrogens is 2. The van der Waals surface area contributed by atoms with Gasteiger partial charge in [-0.05, 0) is 54.1 Å². The molecule has 8 nitrogen and oxygen atoms in total. The van der Waals surface area contributed by atoms with Crippen molar-refractivity contribution in [2.45, 2.75) is 13.8 Å². The number of rotatable bonds is 5. The molecule has 3 N–H and O–H groups in total. The molecule has 0 saturated carbocycles. The fraction of sp³-hybridized carbons (Fsp3) is 0.107. The molecule has 0 radical (unpaired) electrons. The molecular formula is C28H22FN7O. The van der Waals surface area contributed by atoms with Gasteiger partial charge in [-0.25, -0.2) is 9.37 Å². The zero-order valence-corrected chi connectivity index (χ0v) is 20.1. The van der Waals surface area contributed by atoms with Gasteiger partial charge in [0, 0.05) is 34.8 Å². The van der Waals surface area contributed by atoms with Crippen LogP contribution in [-0.4, -0.2) is 36.0 Å². The summed E-state index contributed by atoms with van der Waals surface area (Å²) in [5.74, 6) is 0.0910. The monoisotopic (exact) mass is 491 g/mol. The van der Waals surface area contributed by atoms with Gasteiger partial charge in [0.2, 0.25) is 5.91 Å². The third kappa shape index (κ3) is 4.20. The van der Waals surface area contributed by atoms with E-state index in [1.54, 1.807) is 30.7 Å². The summed E-state index contributed by atoms with van der Waals surface area (Å²) in [6.07, 6.45) is 5.09. The maximum Gasteiger partial charge on any atom is 0.226 e. The van der Waals surface area contributed by atoms with Gasteiger partial charge in [0.15, 0.2) is 5.82 Å². The van der Waals surface area contributed by atoms with E-state index in [9.17, 15) is 9.18 Å². The molecule has 182 valence electrons. The lowest BCUT2D eigenvalue weighted by molar-refractivity contribution is -0.118. The van der Waals surface area contributed by atoms with Gasteiger partial charge in [0.25, 0.3) is 0 Å². The van der Waals surface area contributed by atoms with Crippen molar-refractivity contribution in [1.29, 1.82) is 0 Å². The van der Waals surface area contributed by atoms with E-state index in [-0.39, 0.29) is 17.6 Å². The first-order valence-corrected chi connectivity index (χ1v) is 11.8. The molecule has 0 unspecified atom stereocenters. The number of nitrogens with one attached hydrogen (secondary N) is 3. The smallest absolute Gasteiger partial charge is 0.226 e. The highest BCUT2D eigenvalue weighted by Crippen LogP contribution is 2.32. The molecule has 0 bridgehead atoms. The Hall–Kier alpha value is -4.92. The van der Waals surface area contributed by atoms with Crippen LogP contribution in [0.5, 0.6) is 0 Å². The second-order valence-corrected chi connectivity index (χ2v) is 9.09. The first kappa shape index (κ1) is 22.5. The van der Waals surface area contributed by atoms with E-state index in [4.69, 9.17) is 4.98 Å². The third-order valence-electron chi connectivity index (χ3n) is 6.17. The molecule has 0 aliphatic heterocycles. The number of amides is 1. The fourth-order valence-corrected chi connectivity index (χ4v) is 4.19. The second kappa shape index (κ2) is 8.94. The highest BCUT2D eigenvalue weighted by molar-refractivity contribution is 5.98. The Morgan fingerprint density at radius 2 is 1.73 bits per heavy atom. The minimum Gasteiger partial charge on any atom is -0.336 e. The van der Waals surface area contributed by atoms with Crippen molar-refractivity contribution in [1.82, 2.24) is 30.1 Å². The number of nitrogens with zero attached hydrogens (tertiary/aromatic N) is 4. The molecule has 2 aromatic carbocycles. The Labute approximate surface area is 211 Å². The zero-order chi connectivity index (χ0) is 25.5. The number of benzene rings is 2. The number of halogens is 1. The minimum atomic E-state index is -0.305. The fourth-order valence-electron chi connectivity index (χ4n) is 4.19. The van der Waals surface area contributed by atoms with Crippen LogP contribution in [0, 0.1) is 11.7 Å². The van der Waals surface area contributed by atoms with Gasteiger partial charge in [0.1, 0.15) is 17.0 Å². The maximum atomic E-state index is 13.4. The Morgan fingerprint density at radius 3 is 2.54 bits per heavy atom. The summed E-state index contributed by atoms with van der Waals surface area (Å²) < 4.78 is 13.4. The number of imidazole rings is 1. The van der Waals surface area contributed by atoms with Gasteiger partial charge in [-0.1, -0.05) is 19.9 Å². The molecule has 0 fully saturated rings. The lowest BCUT2D eigenvalue weighted by atomic mass is 10.0. The average Bonchev–Trinajstić information content (AvgIpc) is 3.53. The molecule has 37 heavy (non-hydrogen) atoms. The first-order chi connectivity index (χ1) is 18.0. The van der Waals surface area contributed by atoms with E-state index in [0.29, 0.717) is 28.4 Å². The van der Waals surface area contributed by atoms with Gasteiger partial charge >= 0.3 is 0 Å². The van der Waals surface area contributed by atoms with E-state index in [1.807, 2.05) is 44.2 Å². The van der Waals surface area contributed by atoms with Gasteiger partial charge in [-0.3, -0.25) is 19.9 Å². The number of pyridine rings is 2. The van der Waals surface area contributed by atoms with Crippen molar-refractivity contribution in [3.05, 3.63) is 79.0 Å². The summed E-state index contributed by atoms with van der Waals surface area (Å²) in [5.41, 5.74) is 6.85. The Balaban J connectivity index is 1.41. The van der Waals surface area contributed by atoms with Crippen LogP contribution in [0.4, 0.5) is 10.1 Å². The van der Waals surface area contributed by atoms with Crippen LogP contribution in [0.3, 0.4) is 0 Å². The van der Waals surface area contributed by atoms with Crippen molar-refractivity contribution in [2.75, 3.05) is 5.32 Å². The quantitative estimate of drug-likeness (QED) is 0.275. The number of hydrogen-bond acceptors (Lipinski definition) is 5. The number of anilines is 1. The van der Waals surface area contributed by atoms with Crippen LogP contribution in [0.1, 0.15) is 13.8 Å². The number of hydrogen-bond donors (Lipinski definition) is 3. The topological polar surface area (TPSA) is 112 Å². The summed E-state index contributed by atoms with van der Waals surface area (Å²) >= 11 is 0. The number of carbonyl (C=O) groups is 1. The maximum absolute atomic E-state index is 13.4. The van der Waals surface area contributed by atoms with Crippen molar-refractivity contribution < 1.29 is 9.18 Å². The van der Waals surface area contributed by atoms with Crippen LogP contribution < -0.4 is 5.32 Å². The SMILES string of the molecule is CC(C)C(=O)Nc1cncc(-c2ccc3[nH]nc(-c4nc5c(-c6ccc(F)cc6)nccc5[nH]4)c3c2)c1. The van der Waals surface area contributed by atoms with Crippen LogP contribution in [-0.2, 0) is 4.79 Å². The summed E-state index contributed by atoms with van der Waals surface area (Å²) in [5, 5.41) is 11.4. The van der Waals surface area contributed by atoms with Gasteiger partial charge < -0.3 is 10.3 Å². The summed E-state index contributed by atoms with van der Waals surface area (Å²) in [6.45, 7) is 3.69. The standard InChI is InChI=1S/C28H22FN7O/c1-15(2)28(37)32-20-11-18(13-30-14-20)17-5-8-22-21(12-17)25(36-35-22)27-33-23-9-10-31-24(26(23)34-27)16-3-6-19(29)7-4-16/h3-15H,1-2H3,(H,32,37)(H,33,34)(H,35,36). The predicted octanol–water partition coefficient (Wildman–Crippen LogP) is 5.96. The van der Waals surface area contributed by atoms with Crippen molar-refractivity contribution in [3.8, 4) is 33.9 Å². The molecule has 4 heterocycles. The molecule has 0 aliphatic carbocycles. The van der Waals surface area contributed by atoms with E-state index in [1.165, 1.54) is 12.1 Å². The first-order valence-electron chi connectivity index (χ1n) is 11.8. The lowest BCUT2D eigenvalue weighted by Gasteiger charge is -2.09. The zero-order valence-electron chi connectivity index (χ0n) is 20.1. The number of aromatic nitrogens is 6. The Bertz CT molecular complexity index is 1770. The van der Waals surface area contributed by atoms with E-state index < -0.39 is 0 Å². The molecule has 1 amide bonds. The minimum absolute atomic E-state index is 0.0640. The van der Waals surface area contributed by atoms with Gasteiger partial charge in [0.05, 0.1) is 28.6 Å². The molecule has 0 aliphatic rings. The molecular weight excluding hydrogens is 469 g/mol. The molecule has 0 atom stereocenters. The van der Waals surface area contributed by atoms with Crippen LogP contribution in [0.25, 0.3) is 55.8 Å². The molecule has 4 aromatic heterocycles. The highest BCUT2D eigenvalue weighted by atomic mass is 19.1. The normalized spacial score (nSPS) is 11.5. The number of aromatic amines is 2. The molecule has 6 rings (SSSR count). The molecule has 0 spiro atoms. The van der Waals surface area contributed by atoms with Crippen LogP contribution >= 0.6 is 0 Å². The largest absolute Gasteiger partial charge is 0.336 e. The summed E-state index contributed by atoms with van der Waals surface area (Å²) in [7, 11) is 0. The Morgan fingerprint density at radius 1 is 0.919 bits per heavy atom. The van der Waals surface area contributed by atoms with Crippen LogP contribution in [0.2, 0.25) is 0 Å². The second-order valence-electron chi connectivity index (χ2n) is 9.09. The predicted molar refractivity (Wildman–Crippen MR) is 141 cm³/mol. The van der Waals surface area contributed by atoms with Crippen molar-refractivity contribution >= 4 is 33.5 Å². The number of fused-ring (bicyclic) bond motifs is 2. The Kier molecular flexibility index (Phi) is 5.45. The highest BCUT2D eigenvalue weighted by Gasteiger charge is 2.17. The summed E-state index contributed by atoms with van der Waals surface area (Å²) in [6, 6.07) is 15.9. The summed E-state index contributed by atoms with van der Waals surface area (Å²) in [4.78, 5) is 29.1.